The monoisotopic (exact) mass is 307 g/mol. The normalized spacial score (nSPS) is 14.7. The van der Waals surface area contributed by atoms with E-state index in [1.165, 1.54) is 6.33 Å². The zero-order valence-electron chi connectivity index (χ0n) is 13.3. The Hall–Kier alpha value is -2.12. The molecule has 0 bridgehead atoms. The lowest BCUT2D eigenvalue weighted by molar-refractivity contribution is -0.121. The molecule has 1 aromatic rings. The number of nitrogens with one attached hydrogen (secondary N) is 3. The van der Waals surface area contributed by atoms with Crippen LogP contribution in [-0.4, -0.2) is 45.8 Å². The van der Waals surface area contributed by atoms with Gasteiger partial charge in [-0.2, -0.15) is 5.10 Å². The third kappa shape index (κ3) is 5.71. The van der Waals surface area contributed by atoms with Crippen molar-refractivity contribution in [1.82, 2.24) is 30.7 Å². The maximum atomic E-state index is 11.6. The van der Waals surface area contributed by atoms with E-state index in [0.717, 1.165) is 37.6 Å². The van der Waals surface area contributed by atoms with E-state index >= 15 is 0 Å². The first-order valence-corrected chi connectivity index (χ1v) is 7.83. The molecule has 0 aromatic carbocycles. The molecular weight excluding hydrogens is 282 g/mol. The second-order valence-electron chi connectivity index (χ2n) is 5.37. The van der Waals surface area contributed by atoms with Crippen LogP contribution in [0, 0.1) is 0 Å². The van der Waals surface area contributed by atoms with Gasteiger partial charge >= 0.3 is 0 Å². The smallest absolute Gasteiger partial charge is 0.220 e. The number of aromatic nitrogens is 3. The molecule has 22 heavy (non-hydrogen) atoms. The second-order valence-corrected chi connectivity index (χ2v) is 5.37. The number of hydrogen-bond donors (Lipinski definition) is 3. The van der Waals surface area contributed by atoms with Crippen LogP contribution < -0.4 is 16.0 Å². The van der Waals surface area contributed by atoms with Crippen molar-refractivity contribution in [1.29, 1.82) is 0 Å². The van der Waals surface area contributed by atoms with Gasteiger partial charge in [0.05, 0.1) is 0 Å². The molecule has 0 atom stereocenters. The predicted molar refractivity (Wildman–Crippen MR) is 84.2 cm³/mol. The van der Waals surface area contributed by atoms with Gasteiger partial charge in [0.2, 0.25) is 5.91 Å². The van der Waals surface area contributed by atoms with E-state index in [4.69, 9.17) is 0 Å². The number of aliphatic imine (C=N–C) groups is 1. The molecule has 1 aliphatic carbocycles. The van der Waals surface area contributed by atoms with Crippen LogP contribution in [0.4, 0.5) is 0 Å². The van der Waals surface area contributed by atoms with E-state index in [9.17, 15) is 4.79 Å². The summed E-state index contributed by atoms with van der Waals surface area (Å²) >= 11 is 0. The van der Waals surface area contributed by atoms with Crippen LogP contribution in [0.2, 0.25) is 0 Å². The molecule has 0 spiro atoms. The highest BCUT2D eigenvalue weighted by atomic mass is 16.1. The zero-order valence-corrected chi connectivity index (χ0v) is 13.3. The van der Waals surface area contributed by atoms with Crippen molar-refractivity contribution in [2.45, 2.75) is 45.2 Å². The average Bonchev–Trinajstić information content (AvgIpc) is 3.21. The predicted octanol–water partition coefficient (Wildman–Crippen LogP) is -0.0710. The molecule has 1 saturated carbocycles. The molecule has 0 unspecified atom stereocenters. The molecule has 0 saturated heterocycles. The summed E-state index contributed by atoms with van der Waals surface area (Å²) in [6, 6.07) is 0.436. The molecule has 0 aliphatic heterocycles. The highest BCUT2D eigenvalue weighted by Gasteiger charge is 2.22. The van der Waals surface area contributed by atoms with Crippen LogP contribution in [0.25, 0.3) is 0 Å². The van der Waals surface area contributed by atoms with Gasteiger partial charge in [-0.3, -0.25) is 9.48 Å². The van der Waals surface area contributed by atoms with Gasteiger partial charge in [0.25, 0.3) is 0 Å². The van der Waals surface area contributed by atoms with Gasteiger partial charge in [-0.1, -0.05) is 0 Å². The van der Waals surface area contributed by atoms with E-state index in [1.54, 1.807) is 4.68 Å². The summed E-state index contributed by atoms with van der Waals surface area (Å²) in [5, 5.41) is 13.4. The van der Waals surface area contributed by atoms with Gasteiger partial charge in [0.15, 0.2) is 5.96 Å². The Morgan fingerprint density at radius 1 is 1.45 bits per heavy atom. The van der Waals surface area contributed by atoms with Gasteiger partial charge in [-0.25, -0.2) is 9.98 Å². The number of hydrogen-bond acceptors (Lipinski definition) is 4. The van der Waals surface area contributed by atoms with Crippen molar-refractivity contribution in [2.75, 3.05) is 13.1 Å². The first-order chi connectivity index (χ1) is 10.7. The van der Waals surface area contributed by atoms with E-state index in [-0.39, 0.29) is 5.91 Å². The van der Waals surface area contributed by atoms with Gasteiger partial charge in [-0.15, -0.1) is 0 Å². The number of carbonyl (C=O) groups excluding carboxylic acids is 1. The molecule has 1 fully saturated rings. The number of amides is 1. The summed E-state index contributed by atoms with van der Waals surface area (Å²) in [6.45, 7) is 3.98. The largest absolute Gasteiger partial charge is 0.357 e. The quantitative estimate of drug-likeness (QED) is 0.355. The molecule has 0 radical (unpaired) electrons. The summed E-state index contributed by atoms with van der Waals surface area (Å²) in [7, 11) is 1.84. The fraction of sp³-hybridized carbons (Fsp3) is 0.714. The molecule has 1 heterocycles. The average molecular weight is 307 g/mol. The van der Waals surface area contributed by atoms with Crippen LogP contribution >= 0.6 is 0 Å². The third-order valence-electron chi connectivity index (χ3n) is 3.34. The fourth-order valence-electron chi connectivity index (χ4n) is 1.94. The van der Waals surface area contributed by atoms with Crippen LogP contribution in [0.15, 0.2) is 11.3 Å². The third-order valence-corrected chi connectivity index (χ3v) is 3.34. The minimum Gasteiger partial charge on any atom is -0.357 e. The van der Waals surface area contributed by atoms with E-state index < -0.39 is 0 Å². The number of rotatable bonds is 8. The van der Waals surface area contributed by atoms with Crippen LogP contribution in [0.1, 0.15) is 38.4 Å². The van der Waals surface area contributed by atoms with Crippen LogP contribution in [0.5, 0.6) is 0 Å². The Morgan fingerprint density at radius 3 is 2.91 bits per heavy atom. The van der Waals surface area contributed by atoms with Gasteiger partial charge < -0.3 is 16.0 Å². The summed E-state index contributed by atoms with van der Waals surface area (Å²) in [5.74, 6) is 1.68. The Bertz CT molecular complexity index is 507. The standard InChI is InChI=1S/C14H25N7O/c1-3-15-14(17-9-12-18-10-19-21(12)2)16-8-4-5-13(22)20-11-6-7-11/h10-11H,3-9H2,1-2H3,(H,20,22)(H2,15,16,17). The maximum Gasteiger partial charge on any atom is 0.220 e. The van der Waals surface area contributed by atoms with Crippen LogP contribution in [0.3, 0.4) is 0 Å². The SMILES string of the molecule is CCNC(=NCc1ncnn1C)NCCCC(=O)NC1CC1. The van der Waals surface area contributed by atoms with E-state index in [2.05, 4.69) is 31.0 Å². The summed E-state index contributed by atoms with van der Waals surface area (Å²) in [4.78, 5) is 20.2. The van der Waals surface area contributed by atoms with Crippen LogP contribution in [-0.2, 0) is 18.4 Å². The Morgan fingerprint density at radius 2 is 2.27 bits per heavy atom. The van der Waals surface area contributed by atoms with E-state index in [0.29, 0.717) is 25.6 Å². The topological polar surface area (TPSA) is 96.2 Å². The molecule has 8 heteroatoms. The fourth-order valence-corrected chi connectivity index (χ4v) is 1.94. The van der Waals surface area contributed by atoms with Crippen molar-refractivity contribution in [3.05, 3.63) is 12.2 Å². The first-order valence-electron chi connectivity index (χ1n) is 7.83. The van der Waals surface area contributed by atoms with Crippen molar-refractivity contribution in [2.24, 2.45) is 12.0 Å². The number of aryl methyl sites for hydroxylation is 1. The van der Waals surface area contributed by atoms with Crippen molar-refractivity contribution < 1.29 is 4.79 Å². The molecule has 8 nitrogen and oxygen atoms in total. The Labute approximate surface area is 130 Å². The van der Waals surface area contributed by atoms with Crippen molar-refractivity contribution in [3.63, 3.8) is 0 Å². The summed E-state index contributed by atoms with van der Waals surface area (Å²) < 4.78 is 1.70. The Balaban J connectivity index is 1.68. The van der Waals surface area contributed by atoms with E-state index in [1.807, 2.05) is 14.0 Å². The number of guanidine groups is 1. The lowest BCUT2D eigenvalue weighted by Gasteiger charge is -2.11. The molecule has 122 valence electrons. The van der Waals surface area contributed by atoms with Crippen molar-refractivity contribution in [3.8, 4) is 0 Å². The lowest BCUT2D eigenvalue weighted by atomic mass is 10.3. The lowest BCUT2D eigenvalue weighted by Crippen LogP contribution is -2.38. The highest BCUT2D eigenvalue weighted by molar-refractivity contribution is 5.80. The van der Waals surface area contributed by atoms with Gasteiger partial charge in [-0.05, 0) is 26.2 Å². The molecular formula is C14H25N7O. The van der Waals surface area contributed by atoms with Gasteiger partial charge in [0, 0.05) is 32.6 Å². The molecule has 3 N–H and O–H groups in total. The minimum atomic E-state index is 0.144. The maximum absolute atomic E-state index is 11.6. The molecule has 1 aliphatic rings. The zero-order chi connectivity index (χ0) is 15.8. The number of nitrogens with zero attached hydrogens (tertiary/aromatic N) is 4. The summed E-state index contributed by atoms with van der Waals surface area (Å²) in [6.07, 6.45) is 5.11. The Kier molecular flexibility index (Phi) is 6.17. The van der Waals surface area contributed by atoms with Gasteiger partial charge in [0.1, 0.15) is 18.7 Å². The molecule has 1 amide bonds. The second kappa shape index (κ2) is 8.35. The number of carbonyl (C=O) groups is 1. The highest BCUT2D eigenvalue weighted by Crippen LogP contribution is 2.18. The molecule has 1 aromatic heterocycles. The van der Waals surface area contributed by atoms with Crippen molar-refractivity contribution >= 4 is 11.9 Å². The summed E-state index contributed by atoms with van der Waals surface area (Å²) in [5.41, 5.74) is 0. The first kappa shape index (κ1) is 16.3. The minimum absolute atomic E-state index is 0.144. The molecule has 2 rings (SSSR count).